The Bertz CT molecular complexity index is 711. The summed E-state index contributed by atoms with van der Waals surface area (Å²) in [5.41, 5.74) is 0.731. The standard InChI is InChI=1S/C18H27FN2O3S/c1-17(2)11-14(12-18(3,4)21-17)20-16(22)10-7-13-5-8-15(9-6-13)25(19,23)24/h5-6,8-9,14,21H,7,10-12H2,1-4H3,(H,20,22). The van der Waals surface area contributed by atoms with E-state index in [0.29, 0.717) is 12.8 Å². The predicted molar refractivity (Wildman–Crippen MR) is 95.5 cm³/mol. The molecule has 0 radical (unpaired) electrons. The summed E-state index contributed by atoms with van der Waals surface area (Å²) in [4.78, 5) is 11.9. The van der Waals surface area contributed by atoms with Crippen LogP contribution in [0.1, 0.15) is 52.5 Å². The zero-order chi connectivity index (χ0) is 18.9. The lowest BCUT2D eigenvalue weighted by molar-refractivity contribution is -0.122. The molecule has 25 heavy (non-hydrogen) atoms. The lowest BCUT2D eigenvalue weighted by Crippen LogP contribution is -2.62. The molecule has 1 aliphatic rings. The number of hydrogen-bond acceptors (Lipinski definition) is 4. The van der Waals surface area contributed by atoms with E-state index in [9.17, 15) is 17.1 Å². The number of carbonyl (C=O) groups excluding carboxylic acids is 1. The minimum atomic E-state index is -4.68. The van der Waals surface area contributed by atoms with Gasteiger partial charge in [-0.05, 0) is 64.7 Å². The van der Waals surface area contributed by atoms with Crippen molar-refractivity contribution in [3.8, 4) is 0 Å². The summed E-state index contributed by atoms with van der Waals surface area (Å²) in [6.07, 6.45) is 2.53. The fourth-order valence-corrected chi connectivity index (χ4v) is 4.26. The van der Waals surface area contributed by atoms with Crippen molar-refractivity contribution >= 4 is 16.1 Å². The molecule has 1 aliphatic heterocycles. The third-order valence-corrected chi connectivity index (χ3v) is 5.24. The summed E-state index contributed by atoms with van der Waals surface area (Å²) in [5.74, 6) is -0.0271. The molecule has 2 N–H and O–H groups in total. The van der Waals surface area contributed by atoms with E-state index in [0.717, 1.165) is 18.4 Å². The second-order valence-electron chi connectivity index (χ2n) is 8.15. The van der Waals surface area contributed by atoms with Crippen molar-refractivity contribution < 1.29 is 17.1 Å². The Morgan fingerprint density at radius 1 is 1.16 bits per heavy atom. The SMILES string of the molecule is CC1(C)CC(NC(=O)CCc2ccc(S(=O)(=O)F)cc2)CC(C)(C)N1. The molecular weight excluding hydrogens is 343 g/mol. The van der Waals surface area contributed by atoms with Crippen LogP contribution in [0.5, 0.6) is 0 Å². The summed E-state index contributed by atoms with van der Waals surface area (Å²) in [7, 11) is -4.68. The molecule has 1 saturated heterocycles. The van der Waals surface area contributed by atoms with Crippen LogP contribution in [0.4, 0.5) is 3.89 Å². The van der Waals surface area contributed by atoms with Gasteiger partial charge in [-0.25, -0.2) is 0 Å². The van der Waals surface area contributed by atoms with Gasteiger partial charge in [-0.3, -0.25) is 4.79 Å². The van der Waals surface area contributed by atoms with E-state index in [4.69, 9.17) is 0 Å². The van der Waals surface area contributed by atoms with Gasteiger partial charge in [0.15, 0.2) is 0 Å². The van der Waals surface area contributed by atoms with Gasteiger partial charge in [-0.15, -0.1) is 3.89 Å². The molecule has 0 unspecified atom stereocenters. The van der Waals surface area contributed by atoms with E-state index < -0.39 is 10.2 Å². The molecule has 0 aromatic heterocycles. The highest BCUT2D eigenvalue weighted by Gasteiger charge is 2.38. The van der Waals surface area contributed by atoms with Crippen molar-refractivity contribution in [2.24, 2.45) is 0 Å². The van der Waals surface area contributed by atoms with Crippen molar-refractivity contribution in [2.45, 2.75) is 75.4 Å². The molecule has 0 spiro atoms. The third-order valence-electron chi connectivity index (χ3n) is 4.40. The third kappa shape index (κ3) is 6.08. The smallest absolute Gasteiger partial charge is 0.332 e. The zero-order valence-electron chi connectivity index (χ0n) is 15.2. The minimum Gasteiger partial charge on any atom is -0.353 e. The maximum Gasteiger partial charge on any atom is 0.332 e. The van der Waals surface area contributed by atoms with E-state index in [2.05, 4.69) is 38.3 Å². The normalized spacial score (nSPS) is 20.2. The van der Waals surface area contributed by atoms with Crippen LogP contribution < -0.4 is 10.6 Å². The van der Waals surface area contributed by atoms with Crippen LogP contribution in [0.3, 0.4) is 0 Å². The lowest BCUT2D eigenvalue weighted by atomic mass is 9.79. The zero-order valence-corrected chi connectivity index (χ0v) is 16.0. The number of aryl methyl sites for hydroxylation is 1. The average molecular weight is 370 g/mol. The maximum atomic E-state index is 12.9. The molecule has 7 heteroatoms. The highest BCUT2D eigenvalue weighted by Crippen LogP contribution is 2.28. The monoisotopic (exact) mass is 370 g/mol. The quantitative estimate of drug-likeness (QED) is 0.782. The first-order valence-electron chi connectivity index (χ1n) is 8.49. The molecule has 2 rings (SSSR count). The van der Waals surface area contributed by atoms with Crippen LogP contribution in [0.2, 0.25) is 0 Å². The van der Waals surface area contributed by atoms with Crippen molar-refractivity contribution in [1.82, 2.24) is 10.6 Å². The number of nitrogens with one attached hydrogen (secondary N) is 2. The Kier molecular flexibility index (Phi) is 5.59. The van der Waals surface area contributed by atoms with Gasteiger partial charge in [0.2, 0.25) is 5.91 Å². The number of halogens is 1. The Hall–Kier alpha value is -1.47. The van der Waals surface area contributed by atoms with Gasteiger partial charge in [0.25, 0.3) is 0 Å². The first-order chi connectivity index (χ1) is 11.4. The van der Waals surface area contributed by atoms with E-state index in [-0.39, 0.29) is 27.9 Å². The molecule has 140 valence electrons. The van der Waals surface area contributed by atoms with Gasteiger partial charge in [0.05, 0.1) is 4.90 Å². The van der Waals surface area contributed by atoms with Crippen LogP contribution in [0.15, 0.2) is 29.2 Å². The van der Waals surface area contributed by atoms with E-state index in [1.807, 2.05) is 0 Å². The van der Waals surface area contributed by atoms with Crippen LogP contribution in [0, 0.1) is 0 Å². The second-order valence-corrected chi connectivity index (χ2v) is 9.49. The number of hydrogen-bond donors (Lipinski definition) is 2. The molecule has 0 saturated carbocycles. The fraction of sp³-hybridized carbons (Fsp3) is 0.611. The summed E-state index contributed by atoms with van der Waals surface area (Å²) >= 11 is 0. The maximum absolute atomic E-state index is 12.9. The first kappa shape index (κ1) is 19.8. The Morgan fingerprint density at radius 3 is 2.16 bits per heavy atom. The highest BCUT2D eigenvalue weighted by molar-refractivity contribution is 7.86. The minimum absolute atomic E-state index is 0.0271. The molecule has 1 aromatic carbocycles. The molecule has 1 fully saturated rings. The van der Waals surface area contributed by atoms with E-state index in [1.54, 1.807) is 0 Å². The number of benzene rings is 1. The van der Waals surface area contributed by atoms with Crippen LogP contribution in [-0.2, 0) is 21.4 Å². The number of piperidine rings is 1. The fourth-order valence-electron chi connectivity index (χ4n) is 3.80. The van der Waals surface area contributed by atoms with Gasteiger partial charge in [0.1, 0.15) is 0 Å². The highest BCUT2D eigenvalue weighted by atomic mass is 32.3. The van der Waals surface area contributed by atoms with Crippen LogP contribution in [-0.4, -0.2) is 31.4 Å². The molecule has 1 amide bonds. The molecule has 0 aliphatic carbocycles. The molecule has 0 atom stereocenters. The van der Waals surface area contributed by atoms with Crippen LogP contribution >= 0.6 is 0 Å². The van der Waals surface area contributed by atoms with Crippen molar-refractivity contribution in [1.29, 1.82) is 0 Å². The van der Waals surface area contributed by atoms with E-state index in [1.165, 1.54) is 24.3 Å². The van der Waals surface area contributed by atoms with E-state index >= 15 is 0 Å². The molecule has 5 nitrogen and oxygen atoms in total. The van der Waals surface area contributed by atoms with Gasteiger partial charge < -0.3 is 10.6 Å². The summed E-state index contributed by atoms with van der Waals surface area (Å²) < 4.78 is 34.5. The Morgan fingerprint density at radius 2 is 1.68 bits per heavy atom. The Balaban J connectivity index is 1.88. The number of carbonyl (C=O) groups is 1. The van der Waals surface area contributed by atoms with Gasteiger partial charge in [-0.2, -0.15) is 8.42 Å². The molecular formula is C18H27FN2O3S. The number of rotatable bonds is 5. The van der Waals surface area contributed by atoms with Crippen molar-refractivity contribution in [3.63, 3.8) is 0 Å². The largest absolute Gasteiger partial charge is 0.353 e. The summed E-state index contributed by atoms with van der Waals surface area (Å²) in [6.45, 7) is 8.53. The first-order valence-corrected chi connectivity index (χ1v) is 9.87. The summed E-state index contributed by atoms with van der Waals surface area (Å²) in [6, 6.07) is 5.64. The van der Waals surface area contributed by atoms with Crippen molar-refractivity contribution in [3.05, 3.63) is 29.8 Å². The van der Waals surface area contributed by atoms with Crippen molar-refractivity contribution in [2.75, 3.05) is 0 Å². The average Bonchev–Trinajstić information content (AvgIpc) is 2.41. The topological polar surface area (TPSA) is 75.3 Å². The van der Waals surface area contributed by atoms with Gasteiger partial charge in [0, 0.05) is 23.5 Å². The summed E-state index contributed by atoms with van der Waals surface area (Å²) in [5, 5.41) is 6.68. The Labute approximate surface area is 149 Å². The molecule has 1 aromatic rings. The lowest BCUT2D eigenvalue weighted by Gasteiger charge is -2.46. The molecule has 1 heterocycles. The van der Waals surface area contributed by atoms with Gasteiger partial charge >= 0.3 is 10.2 Å². The number of amides is 1. The molecule has 0 bridgehead atoms. The predicted octanol–water partition coefficient (Wildman–Crippen LogP) is 2.70. The van der Waals surface area contributed by atoms with Gasteiger partial charge in [-0.1, -0.05) is 12.1 Å². The van der Waals surface area contributed by atoms with Crippen LogP contribution in [0.25, 0.3) is 0 Å². The second kappa shape index (κ2) is 7.03.